The molecule has 11 heteroatoms. The lowest BCUT2D eigenvalue weighted by atomic mass is 10.0. The average Bonchev–Trinajstić information content (AvgIpc) is 3.00. The van der Waals surface area contributed by atoms with E-state index >= 15 is 0 Å². The van der Waals surface area contributed by atoms with Gasteiger partial charge in [-0.25, -0.2) is 23.4 Å². The molecule has 1 aliphatic heterocycles. The van der Waals surface area contributed by atoms with E-state index in [1.807, 2.05) is 43.3 Å². The van der Waals surface area contributed by atoms with Crippen LogP contribution in [0.1, 0.15) is 24.0 Å². The second-order valence-corrected chi connectivity index (χ2v) is 12.0. The molecule has 5 aromatic rings. The first-order valence-corrected chi connectivity index (χ1v) is 15.5. The van der Waals surface area contributed by atoms with Gasteiger partial charge in [-0.05, 0) is 67.8 Å². The van der Waals surface area contributed by atoms with E-state index < -0.39 is 10.0 Å². The Bertz CT molecular complexity index is 1810. The summed E-state index contributed by atoms with van der Waals surface area (Å²) in [5, 5.41) is 8.29. The van der Waals surface area contributed by atoms with Gasteiger partial charge < -0.3 is 15.4 Å². The lowest BCUT2D eigenvalue weighted by Gasteiger charge is -2.23. The highest BCUT2D eigenvalue weighted by Crippen LogP contribution is 2.39. The first-order chi connectivity index (χ1) is 20.4. The molecule has 214 valence electrons. The van der Waals surface area contributed by atoms with Gasteiger partial charge in [0.2, 0.25) is 21.9 Å². The van der Waals surface area contributed by atoms with Crippen molar-refractivity contribution in [1.82, 2.24) is 25.3 Å². The third-order valence-corrected chi connectivity index (χ3v) is 8.33. The van der Waals surface area contributed by atoms with Crippen LogP contribution in [0, 0.1) is 6.92 Å². The van der Waals surface area contributed by atoms with Crippen molar-refractivity contribution >= 4 is 32.4 Å². The van der Waals surface area contributed by atoms with Gasteiger partial charge in [0.15, 0.2) is 0 Å². The Balaban J connectivity index is 1.30. The largest absolute Gasteiger partial charge is 0.437 e. The fraction of sp³-hybridized carbons (Fsp3) is 0.226. The molecule has 0 amide bonds. The number of fused-ring (bicyclic) bond motifs is 1. The Hall–Kier alpha value is -4.61. The van der Waals surface area contributed by atoms with Crippen molar-refractivity contribution < 1.29 is 13.2 Å². The number of pyridine rings is 2. The molecule has 0 bridgehead atoms. The van der Waals surface area contributed by atoms with Crippen molar-refractivity contribution in [1.29, 1.82) is 0 Å². The van der Waals surface area contributed by atoms with Gasteiger partial charge in [-0.3, -0.25) is 9.71 Å². The summed E-state index contributed by atoms with van der Waals surface area (Å²) in [6.07, 6.45) is 8.72. The van der Waals surface area contributed by atoms with Gasteiger partial charge in [-0.15, -0.1) is 0 Å². The first kappa shape index (κ1) is 27.6. The molecule has 3 N–H and O–H groups in total. The number of aromatic nitrogens is 4. The molecule has 42 heavy (non-hydrogen) atoms. The van der Waals surface area contributed by atoms with Crippen molar-refractivity contribution in [3.05, 3.63) is 96.6 Å². The molecule has 1 atom stereocenters. The highest BCUT2D eigenvalue weighted by Gasteiger charge is 2.19. The second kappa shape index (κ2) is 12.1. The minimum Gasteiger partial charge on any atom is -0.437 e. The summed E-state index contributed by atoms with van der Waals surface area (Å²) in [5.41, 5.74) is 3.34. The van der Waals surface area contributed by atoms with Gasteiger partial charge in [0.05, 0.1) is 22.7 Å². The number of hydrogen-bond donors (Lipinski definition) is 3. The number of sulfonamides is 1. The summed E-state index contributed by atoms with van der Waals surface area (Å²) >= 11 is 0. The maximum absolute atomic E-state index is 13.0. The molecule has 3 aromatic heterocycles. The van der Waals surface area contributed by atoms with Crippen molar-refractivity contribution in [2.45, 2.75) is 31.6 Å². The molecule has 1 aliphatic rings. The number of benzene rings is 2. The maximum atomic E-state index is 13.0. The van der Waals surface area contributed by atoms with Crippen LogP contribution in [0.3, 0.4) is 0 Å². The lowest BCUT2D eigenvalue weighted by molar-refractivity contribution is 0.466. The predicted molar refractivity (Wildman–Crippen MR) is 164 cm³/mol. The fourth-order valence-corrected chi connectivity index (χ4v) is 6.26. The van der Waals surface area contributed by atoms with E-state index in [0.717, 1.165) is 42.4 Å². The highest BCUT2D eigenvalue weighted by atomic mass is 32.2. The van der Waals surface area contributed by atoms with Crippen LogP contribution in [-0.4, -0.2) is 47.5 Å². The number of anilines is 2. The van der Waals surface area contributed by atoms with Crippen LogP contribution in [0.2, 0.25) is 0 Å². The smallest absolute Gasteiger partial charge is 0.236 e. The van der Waals surface area contributed by atoms with Crippen LogP contribution < -0.4 is 20.1 Å². The summed E-state index contributed by atoms with van der Waals surface area (Å²) in [5.74, 6) is 1.35. The summed E-state index contributed by atoms with van der Waals surface area (Å²) < 4.78 is 35.3. The number of nitrogens with one attached hydrogen (secondary N) is 3. The summed E-state index contributed by atoms with van der Waals surface area (Å²) in [7, 11) is -3.69. The third-order valence-electron chi connectivity index (χ3n) is 7.09. The van der Waals surface area contributed by atoms with Crippen LogP contribution in [0.15, 0.2) is 85.5 Å². The molecule has 1 fully saturated rings. The minimum atomic E-state index is -3.69. The van der Waals surface area contributed by atoms with E-state index in [1.165, 1.54) is 0 Å². The Morgan fingerprint density at radius 3 is 2.71 bits per heavy atom. The molecule has 2 aromatic carbocycles. The van der Waals surface area contributed by atoms with E-state index in [-0.39, 0.29) is 11.8 Å². The molecule has 0 spiro atoms. The topological polar surface area (TPSA) is 131 Å². The minimum absolute atomic E-state index is 0.184. The SMILES string of the molecule is Cc1ccc2c(NS(=O)(=O)Cc3cccnc3)cccc2c1Oc1ncccc1-c1ccnc(N[C@H]2CCCNC2)n1. The molecular weight excluding hydrogens is 550 g/mol. The van der Waals surface area contributed by atoms with E-state index in [9.17, 15) is 8.42 Å². The molecule has 0 radical (unpaired) electrons. The Morgan fingerprint density at radius 2 is 1.88 bits per heavy atom. The van der Waals surface area contributed by atoms with E-state index in [2.05, 4.69) is 30.3 Å². The van der Waals surface area contributed by atoms with Gasteiger partial charge in [0.25, 0.3) is 0 Å². The molecule has 4 heterocycles. The van der Waals surface area contributed by atoms with Crippen molar-refractivity contribution in [3.63, 3.8) is 0 Å². The molecule has 0 unspecified atom stereocenters. The number of aryl methyl sites for hydroxylation is 1. The molecule has 0 aliphatic carbocycles. The lowest BCUT2D eigenvalue weighted by Crippen LogP contribution is -2.38. The zero-order valence-corrected chi connectivity index (χ0v) is 23.9. The third kappa shape index (κ3) is 6.32. The average molecular weight is 582 g/mol. The first-order valence-electron chi connectivity index (χ1n) is 13.8. The number of hydrogen-bond acceptors (Lipinski definition) is 9. The van der Waals surface area contributed by atoms with Crippen LogP contribution >= 0.6 is 0 Å². The molecule has 0 saturated carbocycles. The van der Waals surface area contributed by atoms with Crippen molar-refractivity contribution in [3.8, 4) is 22.9 Å². The zero-order valence-electron chi connectivity index (χ0n) is 23.1. The predicted octanol–water partition coefficient (Wildman–Crippen LogP) is 5.29. The fourth-order valence-electron chi connectivity index (χ4n) is 5.07. The summed E-state index contributed by atoms with van der Waals surface area (Å²) in [4.78, 5) is 17.7. The van der Waals surface area contributed by atoms with Crippen LogP contribution in [0.4, 0.5) is 11.6 Å². The van der Waals surface area contributed by atoms with Gasteiger partial charge >= 0.3 is 0 Å². The monoisotopic (exact) mass is 581 g/mol. The van der Waals surface area contributed by atoms with E-state index in [1.54, 1.807) is 49.1 Å². The molecule has 10 nitrogen and oxygen atoms in total. The number of ether oxygens (including phenoxy) is 1. The van der Waals surface area contributed by atoms with Crippen molar-refractivity contribution in [2.24, 2.45) is 0 Å². The standard InChI is InChI=1S/C31H31N7O3S/c1-21-11-12-24-25(8-2-10-28(24)38-42(39,40)20-22-6-3-14-32-18-22)29(21)41-30-26(9-5-16-34-30)27-13-17-35-31(37-27)36-23-7-4-15-33-19-23/h2-3,5-6,8-14,16-18,23,33,38H,4,7,15,19-20H2,1H3,(H,35,36,37)/t23-/m0/s1. The van der Waals surface area contributed by atoms with E-state index in [4.69, 9.17) is 9.72 Å². The molecular formula is C31H31N7O3S. The van der Waals surface area contributed by atoms with Crippen LogP contribution in [0.5, 0.6) is 11.6 Å². The second-order valence-electron chi connectivity index (χ2n) is 10.2. The van der Waals surface area contributed by atoms with Gasteiger partial charge in [-0.1, -0.05) is 30.3 Å². The molecule has 6 rings (SSSR count). The highest BCUT2D eigenvalue weighted by molar-refractivity contribution is 7.91. The van der Waals surface area contributed by atoms with Gasteiger partial charge in [0.1, 0.15) is 5.75 Å². The van der Waals surface area contributed by atoms with Gasteiger partial charge in [-0.2, -0.15) is 0 Å². The summed E-state index contributed by atoms with van der Waals surface area (Å²) in [6, 6.07) is 18.6. The number of rotatable bonds is 9. The summed E-state index contributed by atoms with van der Waals surface area (Å²) in [6.45, 7) is 3.85. The van der Waals surface area contributed by atoms with Gasteiger partial charge in [0, 0.05) is 48.1 Å². The zero-order chi connectivity index (χ0) is 28.9. The van der Waals surface area contributed by atoms with Crippen molar-refractivity contribution in [2.75, 3.05) is 23.1 Å². The quantitative estimate of drug-likeness (QED) is 0.212. The van der Waals surface area contributed by atoms with E-state index in [0.29, 0.717) is 39.9 Å². The molecule has 1 saturated heterocycles. The van der Waals surface area contributed by atoms with Crippen LogP contribution in [-0.2, 0) is 15.8 Å². The normalized spacial score (nSPS) is 15.3. The Kier molecular flexibility index (Phi) is 7.93. The number of piperidine rings is 1. The number of nitrogens with zero attached hydrogens (tertiary/aromatic N) is 4. The Labute approximate surface area is 244 Å². The van der Waals surface area contributed by atoms with Crippen LogP contribution in [0.25, 0.3) is 22.0 Å². The maximum Gasteiger partial charge on any atom is 0.236 e. The Morgan fingerprint density at radius 1 is 0.976 bits per heavy atom.